The zero-order valence-electron chi connectivity index (χ0n) is 13.0. The van der Waals surface area contributed by atoms with Crippen LogP contribution in [0.25, 0.3) is 0 Å². The highest BCUT2D eigenvalue weighted by atomic mass is 32.2. The van der Waals surface area contributed by atoms with Crippen molar-refractivity contribution in [2.24, 2.45) is 5.14 Å². The maximum atomic E-state index is 12.1. The second-order valence-corrected chi connectivity index (χ2v) is 6.93. The Labute approximate surface area is 135 Å². The van der Waals surface area contributed by atoms with Crippen LogP contribution in [0.4, 0.5) is 0 Å². The van der Waals surface area contributed by atoms with Crippen molar-refractivity contribution in [1.29, 1.82) is 0 Å². The Morgan fingerprint density at radius 3 is 2.48 bits per heavy atom. The van der Waals surface area contributed by atoms with Crippen LogP contribution in [-0.2, 0) is 27.8 Å². The van der Waals surface area contributed by atoms with Gasteiger partial charge in [-0.05, 0) is 31.0 Å². The summed E-state index contributed by atoms with van der Waals surface area (Å²) in [4.78, 5) is 13.7. The van der Waals surface area contributed by atoms with Gasteiger partial charge in [0.15, 0.2) is 0 Å². The van der Waals surface area contributed by atoms with E-state index in [0.29, 0.717) is 30.8 Å². The summed E-state index contributed by atoms with van der Waals surface area (Å²) in [5, 5.41) is 8.89. The number of carbonyl (C=O) groups excluding carboxylic acids is 1. The molecule has 0 bridgehead atoms. The molecule has 1 amide bonds. The van der Waals surface area contributed by atoms with E-state index in [4.69, 9.17) is 9.66 Å². The summed E-state index contributed by atoms with van der Waals surface area (Å²) in [6.07, 6.45) is 0.841. The lowest BCUT2D eigenvalue weighted by atomic mass is 10.1. The maximum Gasteiger partial charge on any atom is 0.238 e. The van der Waals surface area contributed by atoms with Gasteiger partial charge in [0.25, 0.3) is 0 Å². The highest BCUT2D eigenvalue weighted by Gasteiger charge is 2.12. The number of primary sulfonamides is 1. The van der Waals surface area contributed by atoms with Gasteiger partial charge in [0.05, 0.1) is 11.4 Å². The third-order valence-electron chi connectivity index (χ3n) is 3.38. The molecule has 0 aliphatic heterocycles. The molecule has 0 spiro atoms. The molecule has 1 aromatic carbocycles. The SMILES string of the molecule is Cc1cc(CN(C)C(=O)CCc2ccc(S(N)(=O)=O)cc2)no1. The first-order valence-corrected chi connectivity index (χ1v) is 8.58. The largest absolute Gasteiger partial charge is 0.361 e. The monoisotopic (exact) mass is 337 g/mol. The van der Waals surface area contributed by atoms with E-state index in [1.165, 1.54) is 12.1 Å². The van der Waals surface area contributed by atoms with E-state index in [1.54, 1.807) is 37.1 Å². The van der Waals surface area contributed by atoms with Gasteiger partial charge in [0.1, 0.15) is 11.5 Å². The van der Waals surface area contributed by atoms with Crippen molar-refractivity contribution in [3.8, 4) is 0 Å². The fraction of sp³-hybridized carbons (Fsp3) is 0.333. The number of nitrogens with two attached hydrogens (primary N) is 1. The minimum atomic E-state index is -3.69. The van der Waals surface area contributed by atoms with E-state index < -0.39 is 10.0 Å². The van der Waals surface area contributed by atoms with Crippen LogP contribution >= 0.6 is 0 Å². The van der Waals surface area contributed by atoms with Gasteiger partial charge in [-0.2, -0.15) is 0 Å². The summed E-state index contributed by atoms with van der Waals surface area (Å²) >= 11 is 0. The summed E-state index contributed by atoms with van der Waals surface area (Å²) in [6, 6.07) is 7.99. The molecule has 2 rings (SSSR count). The highest BCUT2D eigenvalue weighted by molar-refractivity contribution is 7.89. The van der Waals surface area contributed by atoms with Crippen molar-refractivity contribution >= 4 is 15.9 Å². The third-order valence-corrected chi connectivity index (χ3v) is 4.31. The molecule has 1 aromatic heterocycles. The molecule has 0 aliphatic carbocycles. The number of benzene rings is 1. The highest BCUT2D eigenvalue weighted by Crippen LogP contribution is 2.11. The zero-order valence-corrected chi connectivity index (χ0v) is 13.8. The van der Waals surface area contributed by atoms with Crippen LogP contribution in [-0.4, -0.2) is 31.4 Å². The van der Waals surface area contributed by atoms with Gasteiger partial charge in [-0.1, -0.05) is 17.3 Å². The lowest BCUT2D eigenvalue weighted by Crippen LogP contribution is -2.26. The van der Waals surface area contributed by atoms with Crippen LogP contribution in [0.3, 0.4) is 0 Å². The van der Waals surface area contributed by atoms with Gasteiger partial charge >= 0.3 is 0 Å². The Kier molecular flexibility index (Phi) is 5.17. The number of aryl methyl sites for hydroxylation is 2. The van der Waals surface area contributed by atoms with Gasteiger partial charge in [0.2, 0.25) is 15.9 Å². The van der Waals surface area contributed by atoms with Crippen molar-refractivity contribution < 1.29 is 17.7 Å². The molecule has 0 radical (unpaired) electrons. The summed E-state index contributed by atoms with van der Waals surface area (Å²) in [5.74, 6) is 0.678. The van der Waals surface area contributed by atoms with Crippen molar-refractivity contribution in [1.82, 2.24) is 10.1 Å². The Hall–Kier alpha value is -2.19. The smallest absolute Gasteiger partial charge is 0.238 e. The lowest BCUT2D eigenvalue weighted by Gasteiger charge is -2.15. The van der Waals surface area contributed by atoms with Gasteiger partial charge in [-0.25, -0.2) is 13.6 Å². The van der Waals surface area contributed by atoms with Crippen LogP contribution in [0, 0.1) is 6.92 Å². The number of hydrogen-bond donors (Lipinski definition) is 1. The maximum absolute atomic E-state index is 12.1. The number of amides is 1. The Morgan fingerprint density at radius 1 is 1.30 bits per heavy atom. The molecule has 23 heavy (non-hydrogen) atoms. The van der Waals surface area contributed by atoms with E-state index in [0.717, 1.165) is 5.56 Å². The Balaban J connectivity index is 1.88. The van der Waals surface area contributed by atoms with Crippen LogP contribution in [0.1, 0.15) is 23.4 Å². The first kappa shape index (κ1) is 17.2. The molecular weight excluding hydrogens is 318 g/mol. The zero-order chi connectivity index (χ0) is 17.0. The van der Waals surface area contributed by atoms with Gasteiger partial charge in [-0.15, -0.1) is 0 Å². The Morgan fingerprint density at radius 2 is 1.96 bits per heavy atom. The van der Waals surface area contributed by atoms with Crippen LogP contribution in [0.15, 0.2) is 39.8 Å². The van der Waals surface area contributed by atoms with E-state index in [2.05, 4.69) is 5.16 Å². The second-order valence-electron chi connectivity index (χ2n) is 5.37. The van der Waals surface area contributed by atoms with Crippen molar-refractivity contribution in [2.45, 2.75) is 31.2 Å². The van der Waals surface area contributed by atoms with E-state index in [-0.39, 0.29) is 10.8 Å². The predicted octanol–water partition coefficient (Wildman–Crippen LogP) is 1.22. The topological polar surface area (TPSA) is 106 Å². The lowest BCUT2D eigenvalue weighted by molar-refractivity contribution is -0.130. The molecule has 124 valence electrons. The molecule has 1 heterocycles. The van der Waals surface area contributed by atoms with Crippen molar-refractivity contribution in [2.75, 3.05) is 7.05 Å². The summed E-state index contributed by atoms with van der Waals surface area (Å²) in [5.41, 5.74) is 1.58. The number of rotatable bonds is 6. The van der Waals surface area contributed by atoms with E-state index in [9.17, 15) is 13.2 Å². The fourth-order valence-electron chi connectivity index (χ4n) is 2.11. The predicted molar refractivity (Wildman–Crippen MR) is 83.9 cm³/mol. The number of nitrogens with zero attached hydrogens (tertiary/aromatic N) is 2. The van der Waals surface area contributed by atoms with Gasteiger partial charge < -0.3 is 9.42 Å². The fourth-order valence-corrected chi connectivity index (χ4v) is 2.63. The standard InChI is InChI=1S/C15H19N3O4S/c1-11-9-13(17-22-11)10-18(2)15(19)8-5-12-3-6-14(7-4-12)23(16,20)21/h3-4,6-7,9H,5,8,10H2,1-2H3,(H2,16,20,21). The van der Waals surface area contributed by atoms with Crippen LogP contribution < -0.4 is 5.14 Å². The molecule has 2 aromatic rings. The summed E-state index contributed by atoms with van der Waals surface area (Å²) in [6.45, 7) is 2.18. The molecule has 0 aliphatic rings. The van der Waals surface area contributed by atoms with Crippen LogP contribution in [0.5, 0.6) is 0 Å². The number of carbonyl (C=O) groups is 1. The minimum absolute atomic E-state index is 0.0267. The molecule has 2 N–H and O–H groups in total. The molecule has 0 unspecified atom stereocenters. The third kappa shape index (κ3) is 4.90. The molecule has 0 saturated carbocycles. The minimum Gasteiger partial charge on any atom is -0.361 e. The normalized spacial score (nSPS) is 11.4. The molecule has 8 heteroatoms. The van der Waals surface area contributed by atoms with Crippen LogP contribution in [0.2, 0.25) is 0 Å². The van der Waals surface area contributed by atoms with Crippen molar-refractivity contribution in [3.63, 3.8) is 0 Å². The first-order valence-electron chi connectivity index (χ1n) is 7.03. The quantitative estimate of drug-likeness (QED) is 0.853. The summed E-state index contributed by atoms with van der Waals surface area (Å²) < 4.78 is 27.3. The number of aromatic nitrogens is 1. The first-order chi connectivity index (χ1) is 10.8. The number of hydrogen-bond acceptors (Lipinski definition) is 5. The van der Waals surface area contributed by atoms with E-state index >= 15 is 0 Å². The second kappa shape index (κ2) is 6.93. The average Bonchev–Trinajstić information content (AvgIpc) is 2.89. The molecule has 0 saturated heterocycles. The van der Waals surface area contributed by atoms with Crippen molar-refractivity contribution in [3.05, 3.63) is 47.3 Å². The Bertz CT molecular complexity index is 781. The van der Waals surface area contributed by atoms with E-state index in [1.807, 2.05) is 0 Å². The average molecular weight is 337 g/mol. The molecule has 0 fully saturated rings. The molecular formula is C15H19N3O4S. The summed E-state index contributed by atoms with van der Waals surface area (Å²) in [7, 11) is -1.98. The van der Waals surface area contributed by atoms with Gasteiger partial charge in [0, 0.05) is 19.5 Å². The number of sulfonamides is 1. The van der Waals surface area contributed by atoms with Gasteiger partial charge in [-0.3, -0.25) is 4.79 Å². The molecule has 7 nitrogen and oxygen atoms in total. The molecule has 0 atom stereocenters.